The number of ether oxygens (including phenoxy) is 1. The van der Waals surface area contributed by atoms with Gasteiger partial charge in [0.15, 0.2) is 5.54 Å². The highest BCUT2D eigenvalue weighted by atomic mass is 16.5. The predicted octanol–water partition coefficient (Wildman–Crippen LogP) is 2.14. The molecule has 1 fully saturated rings. The van der Waals surface area contributed by atoms with Gasteiger partial charge in [0, 0.05) is 19.6 Å². The molecule has 0 bridgehead atoms. The minimum absolute atomic E-state index is 0.0327. The lowest BCUT2D eigenvalue weighted by Gasteiger charge is -2.23. The molecule has 0 aromatic rings. The number of hydrogen-bond acceptors (Lipinski definition) is 3. The number of urea groups is 1. The van der Waals surface area contributed by atoms with E-state index in [-0.39, 0.29) is 6.61 Å². The number of carbonyl (C=O) groups excluding carboxylic acids is 1. The van der Waals surface area contributed by atoms with Crippen molar-refractivity contribution in [2.75, 3.05) is 19.8 Å². The average Bonchev–Trinajstić information content (AvgIpc) is 2.87. The monoisotopic (exact) mass is 300 g/mol. The van der Waals surface area contributed by atoms with Gasteiger partial charge in [-0.15, -0.1) is 0 Å². The lowest BCUT2D eigenvalue weighted by Crippen LogP contribution is -2.57. The third-order valence-electron chi connectivity index (χ3n) is 3.78. The highest BCUT2D eigenvalue weighted by molar-refractivity contribution is 5.86. The fraction of sp³-hybridized carbons (Fsp3) is 0.867. The maximum Gasteiger partial charge on any atom is 0.332 e. The van der Waals surface area contributed by atoms with Crippen LogP contribution in [0.25, 0.3) is 0 Å². The Hall–Kier alpha value is -1.30. The van der Waals surface area contributed by atoms with E-state index in [0.29, 0.717) is 19.6 Å². The second-order valence-corrected chi connectivity index (χ2v) is 6.17. The fourth-order valence-electron chi connectivity index (χ4n) is 2.38. The Morgan fingerprint density at radius 2 is 1.95 bits per heavy atom. The van der Waals surface area contributed by atoms with E-state index in [9.17, 15) is 14.7 Å². The summed E-state index contributed by atoms with van der Waals surface area (Å²) in [6.07, 6.45) is 5.96. The standard InChI is InChI=1S/C15H28N2O4/c1-12(2)7-5-3-4-6-9-16-14(20)17-15(13(18)19)8-10-21-11-15/h12H,3-11H2,1-2H3,(H,18,19)(H2,16,17,20). The van der Waals surface area contributed by atoms with Gasteiger partial charge in [-0.05, 0) is 12.3 Å². The number of carboxylic acid groups (broad SMARTS) is 1. The molecule has 0 radical (unpaired) electrons. The Morgan fingerprint density at radius 3 is 2.52 bits per heavy atom. The van der Waals surface area contributed by atoms with Crippen molar-refractivity contribution in [3.05, 3.63) is 0 Å². The highest BCUT2D eigenvalue weighted by Gasteiger charge is 2.43. The molecule has 0 aromatic carbocycles. The third kappa shape index (κ3) is 6.33. The fourth-order valence-corrected chi connectivity index (χ4v) is 2.38. The third-order valence-corrected chi connectivity index (χ3v) is 3.78. The summed E-state index contributed by atoms with van der Waals surface area (Å²) in [5, 5.41) is 14.5. The number of unbranched alkanes of at least 4 members (excludes halogenated alkanes) is 3. The Morgan fingerprint density at radius 1 is 1.24 bits per heavy atom. The van der Waals surface area contributed by atoms with Gasteiger partial charge < -0.3 is 20.5 Å². The summed E-state index contributed by atoms with van der Waals surface area (Å²) in [5.74, 6) is -0.293. The van der Waals surface area contributed by atoms with Crippen LogP contribution in [-0.4, -0.2) is 42.4 Å². The average molecular weight is 300 g/mol. The summed E-state index contributed by atoms with van der Waals surface area (Å²) in [4.78, 5) is 23.0. The molecular formula is C15H28N2O4. The zero-order chi connectivity index (χ0) is 15.7. The number of carboxylic acids is 1. The minimum Gasteiger partial charge on any atom is -0.479 e. The van der Waals surface area contributed by atoms with E-state index in [1.807, 2.05) is 0 Å². The second-order valence-electron chi connectivity index (χ2n) is 6.17. The van der Waals surface area contributed by atoms with E-state index in [2.05, 4.69) is 24.5 Å². The quantitative estimate of drug-likeness (QED) is 0.569. The van der Waals surface area contributed by atoms with Crippen LogP contribution in [0, 0.1) is 5.92 Å². The summed E-state index contributed by atoms with van der Waals surface area (Å²) in [7, 11) is 0. The maximum absolute atomic E-state index is 11.7. The van der Waals surface area contributed by atoms with E-state index in [0.717, 1.165) is 18.8 Å². The molecular weight excluding hydrogens is 272 g/mol. The normalized spacial score (nSPS) is 21.5. The van der Waals surface area contributed by atoms with Gasteiger partial charge in [0.1, 0.15) is 0 Å². The molecule has 1 saturated heterocycles. The number of nitrogens with one attached hydrogen (secondary N) is 2. The SMILES string of the molecule is CC(C)CCCCCCNC(=O)NC1(C(=O)O)CCOC1. The second kappa shape index (κ2) is 8.87. The minimum atomic E-state index is -1.26. The van der Waals surface area contributed by atoms with Crippen LogP contribution < -0.4 is 10.6 Å². The van der Waals surface area contributed by atoms with Crippen molar-refractivity contribution in [3.63, 3.8) is 0 Å². The molecule has 21 heavy (non-hydrogen) atoms. The van der Waals surface area contributed by atoms with Crippen molar-refractivity contribution in [2.45, 2.75) is 57.9 Å². The van der Waals surface area contributed by atoms with Gasteiger partial charge in [-0.25, -0.2) is 9.59 Å². The predicted molar refractivity (Wildman–Crippen MR) is 80.3 cm³/mol. The Kier molecular flexibility index (Phi) is 7.50. The summed E-state index contributed by atoms with van der Waals surface area (Å²) in [6, 6.07) is -0.426. The molecule has 3 N–H and O–H groups in total. The van der Waals surface area contributed by atoms with Crippen LogP contribution in [0.4, 0.5) is 4.79 Å². The molecule has 0 spiro atoms. The topological polar surface area (TPSA) is 87.7 Å². The van der Waals surface area contributed by atoms with Gasteiger partial charge in [-0.1, -0.05) is 39.5 Å². The molecule has 122 valence electrons. The van der Waals surface area contributed by atoms with Crippen molar-refractivity contribution in [1.29, 1.82) is 0 Å². The van der Waals surface area contributed by atoms with E-state index < -0.39 is 17.5 Å². The van der Waals surface area contributed by atoms with Gasteiger partial charge in [0.2, 0.25) is 0 Å². The Labute approximate surface area is 126 Å². The first-order valence-corrected chi connectivity index (χ1v) is 7.83. The maximum atomic E-state index is 11.7. The molecule has 1 atom stereocenters. The van der Waals surface area contributed by atoms with E-state index in [4.69, 9.17) is 4.74 Å². The van der Waals surface area contributed by atoms with Crippen molar-refractivity contribution in [3.8, 4) is 0 Å². The molecule has 0 saturated carbocycles. The van der Waals surface area contributed by atoms with Crippen LogP contribution in [0.3, 0.4) is 0 Å². The van der Waals surface area contributed by atoms with Crippen LogP contribution in [0.1, 0.15) is 52.4 Å². The molecule has 1 aliphatic rings. The lowest BCUT2D eigenvalue weighted by molar-refractivity contribution is -0.144. The molecule has 0 aliphatic carbocycles. The highest BCUT2D eigenvalue weighted by Crippen LogP contribution is 2.18. The van der Waals surface area contributed by atoms with E-state index in [1.54, 1.807) is 0 Å². The zero-order valence-corrected chi connectivity index (χ0v) is 13.1. The van der Waals surface area contributed by atoms with Crippen LogP contribution >= 0.6 is 0 Å². The van der Waals surface area contributed by atoms with Crippen LogP contribution in [-0.2, 0) is 9.53 Å². The number of hydrogen-bond donors (Lipinski definition) is 3. The first kappa shape index (κ1) is 17.8. The van der Waals surface area contributed by atoms with Crippen LogP contribution in [0.5, 0.6) is 0 Å². The van der Waals surface area contributed by atoms with Gasteiger partial charge in [0.25, 0.3) is 0 Å². The molecule has 1 aliphatic heterocycles. The molecule has 2 amide bonds. The molecule has 6 heteroatoms. The Bertz CT molecular complexity index is 339. The summed E-state index contributed by atoms with van der Waals surface area (Å²) in [5.41, 5.74) is -1.26. The largest absolute Gasteiger partial charge is 0.479 e. The summed E-state index contributed by atoms with van der Waals surface area (Å²) < 4.78 is 5.09. The first-order chi connectivity index (χ1) is 9.96. The number of amides is 2. The smallest absolute Gasteiger partial charge is 0.332 e. The van der Waals surface area contributed by atoms with Crippen molar-refractivity contribution in [2.24, 2.45) is 5.92 Å². The zero-order valence-electron chi connectivity index (χ0n) is 13.1. The molecule has 0 aromatic heterocycles. The van der Waals surface area contributed by atoms with E-state index in [1.165, 1.54) is 19.3 Å². The molecule has 1 unspecified atom stereocenters. The first-order valence-electron chi connectivity index (χ1n) is 7.83. The van der Waals surface area contributed by atoms with Gasteiger partial charge in [-0.3, -0.25) is 0 Å². The lowest BCUT2D eigenvalue weighted by atomic mass is 9.99. The number of rotatable bonds is 9. The molecule has 1 rings (SSSR count). The van der Waals surface area contributed by atoms with Crippen LogP contribution in [0.2, 0.25) is 0 Å². The molecule has 6 nitrogen and oxygen atoms in total. The van der Waals surface area contributed by atoms with Crippen molar-refractivity contribution in [1.82, 2.24) is 10.6 Å². The number of aliphatic carboxylic acids is 1. The van der Waals surface area contributed by atoms with Gasteiger partial charge >= 0.3 is 12.0 Å². The van der Waals surface area contributed by atoms with Gasteiger partial charge in [0.05, 0.1) is 6.61 Å². The van der Waals surface area contributed by atoms with Crippen LogP contribution in [0.15, 0.2) is 0 Å². The summed E-state index contributed by atoms with van der Waals surface area (Å²) in [6.45, 7) is 5.41. The van der Waals surface area contributed by atoms with E-state index >= 15 is 0 Å². The van der Waals surface area contributed by atoms with Gasteiger partial charge in [-0.2, -0.15) is 0 Å². The van der Waals surface area contributed by atoms with Crippen molar-refractivity contribution >= 4 is 12.0 Å². The number of carbonyl (C=O) groups is 2. The Balaban J connectivity index is 2.12. The molecule has 1 heterocycles. The van der Waals surface area contributed by atoms with Crippen molar-refractivity contribution < 1.29 is 19.4 Å². The summed E-state index contributed by atoms with van der Waals surface area (Å²) >= 11 is 0.